The number of fused-ring (bicyclic) bond motifs is 2. The number of nitrogens with one attached hydrogen (secondary N) is 1. The van der Waals surface area contributed by atoms with E-state index in [9.17, 15) is 9.59 Å². The van der Waals surface area contributed by atoms with Crippen molar-refractivity contribution in [3.63, 3.8) is 0 Å². The molecule has 3 aromatic heterocycles. The van der Waals surface area contributed by atoms with Gasteiger partial charge < -0.3 is 18.9 Å². The Morgan fingerprint density at radius 3 is 2.68 bits per heavy atom. The van der Waals surface area contributed by atoms with E-state index in [1.54, 1.807) is 24.7 Å². The van der Waals surface area contributed by atoms with E-state index in [0.717, 1.165) is 22.2 Å². The Kier molecular flexibility index (Phi) is 6.07. The summed E-state index contributed by atoms with van der Waals surface area (Å²) in [7, 11) is 0. The van der Waals surface area contributed by atoms with Crippen LogP contribution >= 0.6 is 0 Å². The Balaban J connectivity index is 1.57. The third kappa shape index (κ3) is 4.98. The van der Waals surface area contributed by atoms with Crippen molar-refractivity contribution in [1.29, 1.82) is 0 Å². The van der Waals surface area contributed by atoms with E-state index in [1.807, 2.05) is 81.6 Å². The second kappa shape index (κ2) is 9.24. The Labute approximate surface area is 214 Å². The number of imidazole rings is 1. The molecular weight excluding hydrogens is 466 g/mol. The lowest BCUT2D eigenvalue weighted by molar-refractivity contribution is 0.00706. The molecule has 0 saturated heterocycles. The minimum Gasteiger partial charge on any atom is -0.456 e. The molecule has 0 amide bonds. The summed E-state index contributed by atoms with van der Waals surface area (Å²) in [6.45, 7) is 9.45. The fraction of sp³-hybridized carbons (Fsp3) is 0.233. The molecule has 7 heteroatoms. The van der Waals surface area contributed by atoms with E-state index in [1.165, 1.54) is 6.07 Å². The van der Waals surface area contributed by atoms with Crippen molar-refractivity contribution in [3.8, 4) is 11.3 Å². The molecule has 7 nitrogen and oxygen atoms in total. The smallest absolute Gasteiger partial charge is 0.340 e. The van der Waals surface area contributed by atoms with Crippen LogP contribution in [0.1, 0.15) is 55.2 Å². The highest BCUT2D eigenvalue weighted by Gasteiger charge is 2.22. The summed E-state index contributed by atoms with van der Waals surface area (Å²) >= 11 is 0. The quantitative estimate of drug-likeness (QED) is 0.279. The average Bonchev–Trinajstić information content (AvgIpc) is 3.31. The highest BCUT2D eigenvalue weighted by atomic mass is 16.6. The van der Waals surface area contributed by atoms with Crippen molar-refractivity contribution in [3.05, 3.63) is 100 Å². The number of anilines is 1. The lowest BCUT2D eigenvalue weighted by Crippen LogP contribution is -2.24. The average molecular weight is 496 g/mol. The van der Waals surface area contributed by atoms with Gasteiger partial charge in [0.2, 0.25) is 0 Å². The number of rotatable bonds is 5. The molecule has 5 rings (SSSR count). The van der Waals surface area contributed by atoms with E-state index in [-0.39, 0.29) is 11.5 Å². The number of nitrogens with zero attached hydrogens (tertiary/aromatic N) is 2. The molecule has 2 aromatic carbocycles. The van der Waals surface area contributed by atoms with Gasteiger partial charge >= 0.3 is 5.97 Å². The highest BCUT2D eigenvalue weighted by molar-refractivity contribution is 5.96. The van der Waals surface area contributed by atoms with Crippen LogP contribution in [-0.4, -0.2) is 21.0 Å². The number of hydrogen-bond donors (Lipinski definition) is 1. The first kappa shape index (κ1) is 24.3. The minimum absolute atomic E-state index is 0.117. The predicted molar refractivity (Wildman–Crippen MR) is 145 cm³/mol. The van der Waals surface area contributed by atoms with Crippen LogP contribution in [0.2, 0.25) is 0 Å². The number of para-hydroxylation sites is 1. The first-order valence-electron chi connectivity index (χ1n) is 12.2. The minimum atomic E-state index is -0.609. The van der Waals surface area contributed by atoms with Gasteiger partial charge in [0.25, 0.3) is 0 Å². The lowest BCUT2D eigenvalue weighted by Gasteiger charge is -2.22. The molecule has 0 aliphatic heterocycles. The molecule has 0 bridgehead atoms. The number of esters is 1. The van der Waals surface area contributed by atoms with Crippen molar-refractivity contribution in [2.24, 2.45) is 0 Å². The number of ether oxygens (including phenoxy) is 1. The molecule has 188 valence electrons. The molecule has 0 spiro atoms. The molecule has 1 N–H and O–H groups in total. The van der Waals surface area contributed by atoms with Gasteiger partial charge in [0.1, 0.15) is 16.9 Å². The number of benzene rings is 2. The van der Waals surface area contributed by atoms with Crippen molar-refractivity contribution in [2.75, 3.05) is 5.32 Å². The summed E-state index contributed by atoms with van der Waals surface area (Å²) in [5, 5.41) is 3.95. The SMILES string of the molecule is Cc1cc(C(C)Nc2ccccc2C(=O)OC(C)(C)C)c2oc(-c3ccc4cncn4c3)cc(=O)c2c1. The standard InChI is InChI=1S/C30H29N3O4/c1-18-12-23(19(2)32-25-9-7-6-8-22(25)29(35)37-30(3,4)5)28-24(13-18)26(34)14-27(36-28)20-10-11-21-15-31-17-33(21)16-20/h6-17,19,32H,1-5H3. The van der Waals surface area contributed by atoms with Gasteiger partial charge in [-0.25, -0.2) is 9.78 Å². The second-order valence-electron chi connectivity index (χ2n) is 10.3. The predicted octanol–water partition coefficient (Wildman–Crippen LogP) is 6.54. The summed E-state index contributed by atoms with van der Waals surface area (Å²) < 4.78 is 13.9. The van der Waals surface area contributed by atoms with Crippen molar-refractivity contribution >= 4 is 28.1 Å². The van der Waals surface area contributed by atoms with Crippen molar-refractivity contribution in [2.45, 2.75) is 46.3 Å². The summed E-state index contributed by atoms with van der Waals surface area (Å²) in [5.41, 5.74) is 4.34. The van der Waals surface area contributed by atoms with Crippen LogP contribution in [0.4, 0.5) is 5.69 Å². The maximum atomic E-state index is 13.2. The van der Waals surface area contributed by atoms with Gasteiger partial charge in [-0.05, 0) is 70.5 Å². The van der Waals surface area contributed by atoms with Crippen LogP contribution in [-0.2, 0) is 4.74 Å². The molecule has 0 aliphatic rings. The number of carbonyl (C=O) groups excluding carboxylic acids is 1. The van der Waals surface area contributed by atoms with Crippen LogP contribution in [0, 0.1) is 6.92 Å². The van der Waals surface area contributed by atoms with Crippen LogP contribution in [0.25, 0.3) is 27.8 Å². The number of aromatic nitrogens is 2. The van der Waals surface area contributed by atoms with Gasteiger partial charge in [0.15, 0.2) is 5.43 Å². The van der Waals surface area contributed by atoms with E-state index in [0.29, 0.717) is 28.0 Å². The van der Waals surface area contributed by atoms with Crippen LogP contribution < -0.4 is 10.7 Å². The van der Waals surface area contributed by atoms with Gasteiger partial charge in [-0.1, -0.05) is 18.2 Å². The zero-order chi connectivity index (χ0) is 26.3. The first-order valence-corrected chi connectivity index (χ1v) is 12.2. The molecule has 0 fully saturated rings. The first-order chi connectivity index (χ1) is 17.6. The highest BCUT2D eigenvalue weighted by Crippen LogP contribution is 2.32. The van der Waals surface area contributed by atoms with Gasteiger partial charge in [-0.15, -0.1) is 0 Å². The molecule has 0 radical (unpaired) electrons. The molecule has 3 heterocycles. The number of carbonyl (C=O) groups is 1. The zero-order valence-corrected chi connectivity index (χ0v) is 21.5. The molecule has 1 atom stereocenters. The maximum absolute atomic E-state index is 13.2. The van der Waals surface area contributed by atoms with Crippen molar-refractivity contribution in [1.82, 2.24) is 9.38 Å². The van der Waals surface area contributed by atoms with Gasteiger partial charge in [-0.2, -0.15) is 0 Å². The number of hydrogen-bond acceptors (Lipinski definition) is 6. The topological polar surface area (TPSA) is 85.8 Å². The summed E-state index contributed by atoms with van der Waals surface area (Å²) in [6, 6.07) is 16.2. The lowest BCUT2D eigenvalue weighted by atomic mass is 10.00. The summed E-state index contributed by atoms with van der Waals surface area (Å²) in [5.74, 6) is 0.0696. The van der Waals surface area contributed by atoms with Crippen LogP contribution in [0.5, 0.6) is 0 Å². The molecular formula is C30H29N3O4. The summed E-state index contributed by atoms with van der Waals surface area (Å²) in [4.78, 5) is 30.2. The van der Waals surface area contributed by atoms with Gasteiger partial charge in [-0.3, -0.25) is 4.79 Å². The van der Waals surface area contributed by atoms with E-state index >= 15 is 0 Å². The fourth-order valence-electron chi connectivity index (χ4n) is 4.39. The number of aryl methyl sites for hydroxylation is 1. The van der Waals surface area contributed by atoms with Crippen LogP contribution in [0.15, 0.2) is 82.5 Å². The van der Waals surface area contributed by atoms with Crippen molar-refractivity contribution < 1.29 is 13.9 Å². The molecule has 5 aromatic rings. The fourth-order valence-corrected chi connectivity index (χ4v) is 4.39. The Morgan fingerprint density at radius 2 is 1.89 bits per heavy atom. The van der Waals surface area contributed by atoms with E-state index in [4.69, 9.17) is 9.15 Å². The molecule has 37 heavy (non-hydrogen) atoms. The molecule has 0 saturated carbocycles. The molecule has 1 unspecified atom stereocenters. The summed E-state index contributed by atoms with van der Waals surface area (Å²) in [6.07, 6.45) is 5.36. The van der Waals surface area contributed by atoms with E-state index < -0.39 is 11.6 Å². The second-order valence-corrected chi connectivity index (χ2v) is 10.3. The van der Waals surface area contributed by atoms with Crippen LogP contribution in [0.3, 0.4) is 0 Å². The Hall–Kier alpha value is -4.39. The maximum Gasteiger partial charge on any atom is 0.340 e. The third-order valence-corrected chi connectivity index (χ3v) is 6.08. The third-order valence-electron chi connectivity index (χ3n) is 6.08. The number of pyridine rings is 1. The monoisotopic (exact) mass is 495 g/mol. The van der Waals surface area contributed by atoms with Gasteiger partial charge in [0, 0.05) is 29.1 Å². The van der Waals surface area contributed by atoms with Gasteiger partial charge in [0.05, 0.1) is 35.0 Å². The Bertz CT molecular complexity index is 1690. The normalized spacial score (nSPS) is 12.6. The Morgan fingerprint density at radius 1 is 1.11 bits per heavy atom. The largest absolute Gasteiger partial charge is 0.456 e. The molecule has 0 aliphatic carbocycles. The van der Waals surface area contributed by atoms with E-state index in [2.05, 4.69) is 10.3 Å². The zero-order valence-electron chi connectivity index (χ0n) is 21.5.